The minimum atomic E-state index is 0.696. The van der Waals surface area contributed by atoms with Crippen molar-refractivity contribution in [3.8, 4) is 0 Å². The smallest absolute Gasteiger partial charge is 0.0701 e. The second-order valence-electron chi connectivity index (χ2n) is 3.83. The van der Waals surface area contributed by atoms with E-state index in [4.69, 9.17) is 9.47 Å². The molecule has 0 atom stereocenters. The summed E-state index contributed by atoms with van der Waals surface area (Å²) in [4.78, 5) is 4.21. The first-order valence-corrected chi connectivity index (χ1v) is 7.08. The summed E-state index contributed by atoms with van der Waals surface area (Å²) >= 11 is 0. The predicted octanol–water partition coefficient (Wildman–Crippen LogP) is 2.20. The third-order valence-electron chi connectivity index (χ3n) is 1.74. The van der Waals surface area contributed by atoms with Crippen LogP contribution in [0.4, 0.5) is 0 Å². The first-order valence-electron chi connectivity index (χ1n) is 7.08. The second-order valence-corrected chi connectivity index (χ2v) is 3.83. The highest BCUT2D eigenvalue weighted by molar-refractivity contribution is 4.42. The molecule has 114 valence electrons. The van der Waals surface area contributed by atoms with E-state index in [-0.39, 0.29) is 0 Å². The molecule has 0 aliphatic rings. The maximum Gasteiger partial charge on any atom is 0.0701 e. The van der Waals surface area contributed by atoms with Gasteiger partial charge in [0.25, 0.3) is 0 Å². The lowest BCUT2D eigenvalue weighted by Gasteiger charge is -2.11. The molecule has 0 saturated heterocycles. The van der Waals surface area contributed by atoms with Gasteiger partial charge in [-0.1, -0.05) is 27.7 Å². The molecule has 0 aromatic carbocycles. The van der Waals surface area contributed by atoms with Gasteiger partial charge in [-0.3, -0.25) is 0 Å². The van der Waals surface area contributed by atoms with Gasteiger partial charge in [0.05, 0.1) is 26.4 Å². The Bertz CT molecular complexity index is 106. The molecule has 0 radical (unpaired) electrons. The highest BCUT2D eigenvalue weighted by Crippen LogP contribution is 1.82. The number of rotatable bonds is 9. The van der Waals surface area contributed by atoms with Gasteiger partial charge in [0, 0.05) is 13.1 Å². The molecule has 0 amide bonds. The molecule has 0 aliphatic carbocycles. The number of hydrogen-bond acceptors (Lipinski definition) is 4. The van der Waals surface area contributed by atoms with Crippen LogP contribution in [-0.4, -0.2) is 77.5 Å². The Morgan fingerprint density at radius 3 is 1.06 bits per heavy atom. The first kappa shape index (κ1) is 23.0. The van der Waals surface area contributed by atoms with Crippen molar-refractivity contribution in [2.75, 3.05) is 67.7 Å². The number of hydrogen-bond donors (Lipinski definition) is 0. The quantitative estimate of drug-likeness (QED) is 0.596. The van der Waals surface area contributed by atoms with Gasteiger partial charge >= 0.3 is 0 Å². The molecule has 0 saturated carbocycles. The second kappa shape index (κ2) is 22.1. The Morgan fingerprint density at radius 1 is 0.556 bits per heavy atom. The molecule has 0 N–H and O–H groups in total. The average Bonchev–Trinajstić information content (AvgIpc) is 2.37. The van der Waals surface area contributed by atoms with Gasteiger partial charge in [0.15, 0.2) is 0 Å². The first-order chi connectivity index (χ1) is 8.63. The average molecular weight is 264 g/mol. The van der Waals surface area contributed by atoms with Gasteiger partial charge in [0.1, 0.15) is 0 Å². The summed E-state index contributed by atoms with van der Waals surface area (Å²) in [7, 11) is 8.15. The number of nitrogens with zero attached hydrogens (tertiary/aromatic N) is 2. The SMILES string of the molecule is CC.CC.CN(C)CCOCCOCCN(C)C. The zero-order valence-electron chi connectivity index (χ0n) is 14.0. The van der Waals surface area contributed by atoms with Crippen LogP contribution in [0.2, 0.25) is 0 Å². The van der Waals surface area contributed by atoms with Gasteiger partial charge in [-0.05, 0) is 28.2 Å². The minimum Gasteiger partial charge on any atom is -0.378 e. The van der Waals surface area contributed by atoms with Crippen molar-refractivity contribution >= 4 is 0 Å². The van der Waals surface area contributed by atoms with E-state index in [2.05, 4.69) is 9.80 Å². The molecule has 0 fully saturated rings. The van der Waals surface area contributed by atoms with E-state index in [1.54, 1.807) is 0 Å². The Balaban J connectivity index is -0.000000506. The normalized spacial score (nSPS) is 9.67. The lowest BCUT2D eigenvalue weighted by Crippen LogP contribution is -2.21. The van der Waals surface area contributed by atoms with Crippen molar-refractivity contribution < 1.29 is 9.47 Å². The fraction of sp³-hybridized carbons (Fsp3) is 1.00. The van der Waals surface area contributed by atoms with Gasteiger partial charge in [0.2, 0.25) is 0 Å². The third kappa shape index (κ3) is 29.7. The van der Waals surface area contributed by atoms with Crippen LogP contribution in [0.1, 0.15) is 27.7 Å². The van der Waals surface area contributed by atoms with E-state index in [1.807, 2.05) is 55.9 Å². The van der Waals surface area contributed by atoms with Gasteiger partial charge in [-0.2, -0.15) is 0 Å². The molecule has 0 rings (SSSR count). The molecular formula is C14H36N2O2. The number of likely N-dealkylation sites (N-methyl/N-ethyl adjacent to an activating group) is 2. The molecule has 18 heavy (non-hydrogen) atoms. The summed E-state index contributed by atoms with van der Waals surface area (Å²) in [6.45, 7) is 12.9. The van der Waals surface area contributed by atoms with Crippen LogP contribution in [0.5, 0.6) is 0 Å². The Kier molecular flexibility index (Phi) is 28.2. The third-order valence-corrected chi connectivity index (χ3v) is 1.74. The van der Waals surface area contributed by atoms with E-state index in [9.17, 15) is 0 Å². The van der Waals surface area contributed by atoms with Crippen molar-refractivity contribution in [2.45, 2.75) is 27.7 Å². The zero-order valence-corrected chi connectivity index (χ0v) is 14.0. The Labute approximate surface area is 115 Å². The lowest BCUT2D eigenvalue weighted by atomic mass is 10.6. The maximum absolute atomic E-state index is 5.37. The van der Waals surface area contributed by atoms with Gasteiger partial charge in [-0.15, -0.1) is 0 Å². The highest BCUT2D eigenvalue weighted by atomic mass is 16.5. The van der Waals surface area contributed by atoms with Crippen LogP contribution in [-0.2, 0) is 9.47 Å². The summed E-state index contributed by atoms with van der Waals surface area (Å²) in [5.74, 6) is 0. The molecule has 4 nitrogen and oxygen atoms in total. The monoisotopic (exact) mass is 264 g/mol. The predicted molar refractivity (Wildman–Crippen MR) is 81.4 cm³/mol. The largest absolute Gasteiger partial charge is 0.378 e. The van der Waals surface area contributed by atoms with E-state index >= 15 is 0 Å². The number of ether oxygens (including phenoxy) is 2. The van der Waals surface area contributed by atoms with E-state index < -0.39 is 0 Å². The Morgan fingerprint density at radius 2 is 0.833 bits per heavy atom. The minimum absolute atomic E-state index is 0.696. The van der Waals surface area contributed by atoms with Gasteiger partial charge < -0.3 is 19.3 Å². The summed E-state index contributed by atoms with van der Waals surface area (Å²) in [5, 5.41) is 0. The van der Waals surface area contributed by atoms with Crippen LogP contribution in [0.25, 0.3) is 0 Å². The van der Waals surface area contributed by atoms with Crippen molar-refractivity contribution in [2.24, 2.45) is 0 Å². The van der Waals surface area contributed by atoms with Crippen LogP contribution >= 0.6 is 0 Å². The lowest BCUT2D eigenvalue weighted by molar-refractivity contribution is 0.0382. The van der Waals surface area contributed by atoms with E-state index in [1.165, 1.54) is 0 Å². The Hall–Kier alpha value is -0.160. The molecule has 0 unspecified atom stereocenters. The molecule has 4 heteroatoms. The van der Waals surface area contributed by atoms with Gasteiger partial charge in [-0.25, -0.2) is 0 Å². The maximum atomic E-state index is 5.37. The summed E-state index contributed by atoms with van der Waals surface area (Å²) in [5.41, 5.74) is 0. The van der Waals surface area contributed by atoms with Crippen LogP contribution < -0.4 is 0 Å². The molecule has 0 spiro atoms. The van der Waals surface area contributed by atoms with Crippen molar-refractivity contribution in [3.63, 3.8) is 0 Å². The molecule has 0 heterocycles. The zero-order chi connectivity index (χ0) is 14.8. The summed E-state index contributed by atoms with van der Waals surface area (Å²) in [6.07, 6.45) is 0. The fourth-order valence-electron chi connectivity index (χ4n) is 0.816. The summed E-state index contributed by atoms with van der Waals surface area (Å²) in [6, 6.07) is 0. The topological polar surface area (TPSA) is 24.9 Å². The van der Waals surface area contributed by atoms with E-state index in [0.717, 1.165) is 26.3 Å². The summed E-state index contributed by atoms with van der Waals surface area (Å²) < 4.78 is 10.7. The van der Waals surface area contributed by atoms with E-state index in [0.29, 0.717) is 13.2 Å². The van der Waals surface area contributed by atoms with Crippen LogP contribution in [0.3, 0.4) is 0 Å². The molecule has 0 aromatic heterocycles. The van der Waals surface area contributed by atoms with Crippen molar-refractivity contribution in [1.82, 2.24) is 9.80 Å². The molecule has 0 aromatic rings. The molecular weight excluding hydrogens is 228 g/mol. The van der Waals surface area contributed by atoms with Crippen LogP contribution in [0.15, 0.2) is 0 Å². The highest BCUT2D eigenvalue weighted by Gasteiger charge is 1.92. The standard InChI is InChI=1S/C10H24N2O2.2C2H6/c1-11(2)5-7-13-9-10-14-8-6-12(3)4;2*1-2/h5-10H2,1-4H3;2*1-2H3. The fourth-order valence-corrected chi connectivity index (χ4v) is 0.816. The van der Waals surface area contributed by atoms with Crippen molar-refractivity contribution in [1.29, 1.82) is 0 Å². The van der Waals surface area contributed by atoms with Crippen molar-refractivity contribution in [3.05, 3.63) is 0 Å². The molecule has 0 bridgehead atoms. The molecule has 0 aliphatic heterocycles. The van der Waals surface area contributed by atoms with Crippen LogP contribution in [0, 0.1) is 0 Å².